The Labute approximate surface area is 173 Å². The summed E-state index contributed by atoms with van der Waals surface area (Å²) in [6, 6.07) is 8.24. The van der Waals surface area contributed by atoms with Gasteiger partial charge in [-0.1, -0.05) is 37.1 Å². The van der Waals surface area contributed by atoms with E-state index in [1.165, 1.54) is 17.5 Å². The molecule has 3 atom stereocenters. The topological polar surface area (TPSA) is 64.1 Å². The van der Waals surface area contributed by atoms with Crippen LogP contribution in [0.15, 0.2) is 24.3 Å². The average molecular weight is 400 g/mol. The molecule has 158 valence electrons. The fourth-order valence-corrected chi connectivity index (χ4v) is 5.46. The summed E-state index contributed by atoms with van der Waals surface area (Å²) in [5.74, 6) is -0.225. The van der Waals surface area contributed by atoms with Gasteiger partial charge >= 0.3 is 5.97 Å². The summed E-state index contributed by atoms with van der Waals surface area (Å²) in [6.07, 6.45) is 5.19. The summed E-state index contributed by atoms with van der Waals surface area (Å²) in [7, 11) is 0. The number of likely N-dealkylation sites (tertiary alicyclic amines) is 1. The van der Waals surface area contributed by atoms with E-state index >= 15 is 0 Å². The molecular weight excluding hydrogens is 366 g/mol. The number of carboxylic acid groups (broad SMARTS) is 1. The van der Waals surface area contributed by atoms with Gasteiger partial charge < -0.3 is 10.0 Å². The Hall–Kier alpha value is -1.92. The van der Waals surface area contributed by atoms with Crippen LogP contribution in [-0.2, 0) is 16.1 Å². The fourth-order valence-electron chi connectivity index (χ4n) is 5.46. The zero-order chi connectivity index (χ0) is 20.4. The standard InChI is InChI=1S/C23H33N3O3/c1-17-6-2-3-8-19(17)15-24-10-12-25(13-11-24)22(27)16-26-20-9-5-4-7-18(20)14-21(26)23(28)29/h2-3,6,8,18,20-21H,4-5,7,9-16H2,1H3,(H,28,29). The van der Waals surface area contributed by atoms with Crippen molar-refractivity contribution in [3.63, 3.8) is 0 Å². The van der Waals surface area contributed by atoms with Crippen molar-refractivity contribution < 1.29 is 14.7 Å². The molecule has 3 fully saturated rings. The van der Waals surface area contributed by atoms with Gasteiger partial charge in [0.2, 0.25) is 5.91 Å². The molecule has 1 aromatic carbocycles. The molecule has 1 saturated carbocycles. The summed E-state index contributed by atoms with van der Waals surface area (Å²) < 4.78 is 0. The molecule has 1 aliphatic carbocycles. The molecule has 3 aliphatic rings. The van der Waals surface area contributed by atoms with Gasteiger partial charge in [-0.3, -0.25) is 19.4 Å². The molecule has 0 bridgehead atoms. The molecule has 6 heteroatoms. The van der Waals surface area contributed by atoms with Crippen LogP contribution in [0.3, 0.4) is 0 Å². The number of piperazine rings is 1. The van der Waals surface area contributed by atoms with Gasteiger partial charge in [-0.2, -0.15) is 0 Å². The molecule has 1 amide bonds. The average Bonchev–Trinajstić information content (AvgIpc) is 3.09. The zero-order valence-corrected chi connectivity index (χ0v) is 17.4. The number of hydrogen-bond donors (Lipinski definition) is 1. The van der Waals surface area contributed by atoms with E-state index in [0.29, 0.717) is 12.3 Å². The number of carbonyl (C=O) groups excluding carboxylic acids is 1. The normalized spacial score (nSPS) is 28.3. The van der Waals surface area contributed by atoms with Crippen LogP contribution >= 0.6 is 0 Å². The first-order chi connectivity index (χ1) is 14.0. The summed E-state index contributed by atoms with van der Waals surface area (Å²) in [5.41, 5.74) is 2.65. The van der Waals surface area contributed by atoms with Crippen molar-refractivity contribution in [2.24, 2.45) is 5.92 Å². The second kappa shape index (κ2) is 8.84. The smallest absolute Gasteiger partial charge is 0.320 e. The van der Waals surface area contributed by atoms with Gasteiger partial charge in [-0.25, -0.2) is 0 Å². The Morgan fingerprint density at radius 1 is 1.07 bits per heavy atom. The van der Waals surface area contributed by atoms with E-state index in [4.69, 9.17) is 0 Å². The summed E-state index contributed by atoms with van der Waals surface area (Å²) in [6.45, 7) is 6.52. The maximum absolute atomic E-state index is 13.0. The maximum Gasteiger partial charge on any atom is 0.320 e. The summed E-state index contributed by atoms with van der Waals surface area (Å²) in [5, 5.41) is 9.68. The second-order valence-electron chi connectivity index (χ2n) is 8.96. The zero-order valence-electron chi connectivity index (χ0n) is 17.4. The number of amides is 1. The Morgan fingerprint density at radius 2 is 1.79 bits per heavy atom. The number of carboxylic acids is 1. The molecule has 0 spiro atoms. The van der Waals surface area contributed by atoms with Crippen LogP contribution < -0.4 is 0 Å². The number of fused-ring (bicyclic) bond motifs is 1. The molecule has 0 radical (unpaired) electrons. The molecule has 1 aromatic rings. The van der Waals surface area contributed by atoms with Crippen LogP contribution in [0.5, 0.6) is 0 Å². The van der Waals surface area contributed by atoms with Crippen LogP contribution in [0, 0.1) is 12.8 Å². The minimum atomic E-state index is -0.768. The number of benzene rings is 1. The maximum atomic E-state index is 13.0. The number of aliphatic carboxylic acids is 1. The van der Waals surface area contributed by atoms with Gasteiger partial charge in [-0.05, 0) is 43.2 Å². The van der Waals surface area contributed by atoms with Crippen molar-refractivity contribution in [1.82, 2.24) is 14.7 Å². The van der Waals surface area contributed by atoms with Crippen molar-refractivity contribution in [2.75, 3.05) is 32.7 Å². The van der Waals surface area contributed by atoms with Crippen LogP contribution in [0.4, 0.5) is 0 Å². The largest absolute Gasteiger partial charge is 0.480 e. The van der Waals surface area contributed by atoms with Crippen molar-refractivity contribution >= 4 is 11.9 Å². The molecule has 1 N–H and O–H groups in total. The Bertz CT molecular complexity index is 745. The minimum Gasteiger partial charge on any atom is -0.480 e. The Balaban J connectivity index is 1.32. The van der Waals surface area contributed by atoms with E-state index in [-0.39, 0.29) is 18.5 Å². The number of rotatable bonds is 5. The molecular formula is C23H33N3O3. The van der Waals surface area contributed by atoms with E-state index in [1.54, 1.807) is 0 Å². The highest BCUT2D eigenvalue weighted by Crippen LogP contribution is 2.39. The molecule has 6 nitrogen and oxygen atoms in total. The monoisotopic (exact) mass is 399 g/mol. The number of hydrogen-bond acceptors (Lipinski definition) is 4. The molecule has 3 unspecified atom stereocenters. The van der Waals surface area contributed by atoms with E-state index in [2.05, 4.69) is 36.1 Å². The van der Waals surface area contributed by atoms with E-state index in [9.17, 15) is 14.7 Å². The fraction of sp³-hybridized carbons (Fsp3) is 0.652. The van der Waals surface area contributed by atoms with E-state index in [0.717, 1.165) is 52.0 Å². The highest BCUT2D eigenvalue weighted by Gasteiger charge is 2.46. The predicted molar refractivity (Wildman–Crippen MR) is 112 cm³/mol. The lowest BCUT2D eigenvalue weighted by Crippen LogP contribution is -2.53. The third kappa shape index (κ3) is 4.48. The third-order valence-electron chi connectivity index (χ3n) is 7.20. The van der Waals surface area contributed by atoms with E-state index in [1.807, 2.05) is 9.80 Å². The Kier molecular flexibility index (Phi) is 6.20. The highest BCUT2D eigenvalue weighted by molar-refractivity contribution is 5.80. The first kappa shape index (κ1) is 20.4. The lowest BCUT2D eigenvalue weighted by Gasteiger charge is -2.37. The Morgan fingerprint density at radius 3 is 2.52 bits per heavy atom. The second-order valence-corrected chi connectivity index (χ2v) is 8.96. The lowest BCUT2D eigenvalue weighted by molar-refractivity contribution is -0.144. The van der Waals surface area contributed by atoms with Gasteiger partial charge in [0.05, 0.1) is 6.54 Å². The highest BCUT2D eigenvalue weighted by atomic mass is 16.4. The molecule has 0 aromatic heterocycles. The lowest BCUT2D eigenvalue weighted by atomic mass is 9.85. The van der Waals surface area contributed by atoms with Crippen molar-refractivity contribution in [3.8, 4) is 0 Å². The molecule has 2 aliphatic heterocycles. The van der Waals surface area contributed by atoms with Crippen LogP contribution in [-0.4, -0.2) is 76.5 Å². The first-order valence-corrected chi connectivity index (χ1v) is 11.1. The molecule has 2 heterocycles. The van der Waals surface area contributed by atoms with Crippen molar-refractivity contribution in [1.29, 1.82) is 0 Å². The minimum absolute atomic E-state index is 0.0954. The van der Waals surface area contributed by atoms with Gasteiger partial charge in [0.1, 0.15) is 6.04 Å². The van der Waals surface area contributed by atoms with Crippen LogP contribution in [0.25, 0.3) is 0 Å². The van der Waals surface area contributed by atoms with Gasteiger partial charge in [-0.15, -0.1) is 0 Å². The number of aryl methyl sites for hydroxylation is 1. The molecule has 29 heavy (non-hydrogen) atoms. The summed E-state index contributed by atoms with van der Waals surface area (Å²) >= 11 is 0. The quantitative estimate of drug-likeness (QED) is 0.824. The van der Waals surface area contributed by atoms with Gasteiger partial charge in [0.15, 0.2) is 0 Å². The van der Waals surface area contributed by atoms with Crippen LogP contribution in [0.2, 0.25) is 0 Å². The molecule has 2 saturated heterocycles. The van der Waals surface area contributed by atoms with Crippen LogP contribution in [0.1, 0.15) is 43.2 Å². The third-order valence-corrected chi connectivity index (χ3v) is 7.20. The predicted octanol–water partition coefficient (Wildman–Crippen LogP) is 2.36. The summed E-state index contributed by atoms with van der Waals surface area (Å²) in [4.78, 5) is 31.1. The van der Waals surface area contributed by atoms with E-state index < -0.39 is 12.0 Å². The van der Waals surface area contributed by atoms with Gasteiger partial charge in [0.25, 0.3) is 0 Å². The first-order valence-electron chi connectivity index (χ1n) is 11.1. The van der Waals surface area contributed by atoms with Crippen molar-refractivity contribution in [2.45, 2.75) is 57.7 Å². The number of carbonyl (C=O) groups is 2. The van der Waals surface area contributed by atoms with Gasteiger partial charge in [0, 0.05) is 38.8 Å². The molecule has 4 rings (SSSR count). The number of nitrogens with zero attached hydrogens (tertiary/aromatic N) is 3. The SMILES string of the molecule is Cc1ccccc1CN1CCN(C(=O)CN2C(C(=O)O)CC3CCCCC32)CC1. The van der Waals surface area contributed by atoms with Crippen molar-refractivity contribution in [3.05, 3.63) is 35.4 Å².